The van der Waals surface area contributed by atoms with E-state index in [1.165, 1.54) is 12.4 Å². The van der Waals surface area contributed by atoms with Gasteiger partial charge in [0.2, 0.25) is 5.91 Å². The first-order valence-electron chi connectivity index (χ1n) is 10.6. The fourth-order valence-corrected chi connectivity index (χ4v) is 3.98. The number of halogens is 2. The molecule has 0 aliphatic carbocycles. The number of amides is 1. The lowest BCUT2D eigenvalue weighted by Gasteiger charge is -2.25. The first-order valence-corrected chi connectivity index (χ1v) is 11.0. The molecular formula is C23H25ClFN5O3. The Bertz CT molecular complexity index is 1160. The number of hydrogen-bond donors (Lipinski definition) is 2. The highest BCUT2D eigenvalue weighted by Crippen LogP contribution is 2.32. The molecule has 0 saturated carbocycles. The number of nitrogens with one attached hydrogen (secondary N) is 2. The molecule has 0 atom stereocenters. The Morgan fingerprint density at radius 3 is 2.85 bits per heavy atom. The number of carbonyl (C=O) groups excluding carboxylic acids is 1. The number of hydrogen-bond acceptors (Lipinski definition) is 7. The molecule has 1 fully saturated rings. The van der Waals surface area contributed by atoms with Crippen LogP contribution in [0.1, 0.15) is 18.4 Å². The van der Waals surface area contributed by atoms with E-state index in [2.05, 4.69) is 20.7 Å². The predicted molar refractivity (Wildman–Crippen MR) is 124 cm³/mol. The smallest absolute Gasteiger partial charge is 0.237 e. The summed E-state index contributed by atoms with van der Waals surface area (Å²) in [4.78, 5) is 21.2. The average Bonchev–Trinajstić information content (AvgIpc) is 2.82. The molecule has 2 aromatic carbocycles. The molecule has 1 aliphatic rings. The van der Waals surface area contributed by atoms with Crippen LogP contribution in [0.4, 0.5) is 15.9 Å². The van der Waals surface area contributed by atoms with Gasteiger partial charge in [0.15, 0.2) is 5.82 Å². The van der Waals surface area contributed by atoms with Crippen LogP contribution in [0.2, 0.25) is 5.02 Å². The van der Waals surface area contributed by atoms with Gasteiger partial charge >= 0.3 is 0 Å². The third-order valence-corrected chi connectivity index (χ3v) is 5.83. The van der Waals surface area contributed by atoms with E-state index >= 15 is 0 Å². The SMILES string of the molecule is COc1cc2ncnc(Nc3cccc(Cl)c3F)c2cc1CN(C)NC(=O)C1CCOCC1. The molecule has 4 rings (SSSR count). The summed E-state index contributed by atoms with van der Waals surface area (Å²) in [6.45, 7) is 1.58. The Kier molecular flexibility index (Phi) is 7.22. The van der Waals surface area contributed by atoms with E-state index in [0.29, 0.717) is 55.1 Å². The number of methoxy groups -OCH3 is 1. The van der Waals surface area contributed by atoms with E-state index in [0.717, 1.165) is 5.56 Å². The van der Waals surface area contributed by atoms with E-state index in [1.54, 1.807) is 37.4 Å². The van der Waals surface area contributed by atoms with E-state index in [1.807, 2.05) is 6.07 Å². The standard InChI is InChI=1S/C23H25ClFN5O3/c1-30(29-23(31)14-6-8-33-9-7-14)12-15-10-16-19(11-20(15)32-2)26-13-27-22(16)28-18-5-3-4-17(24)21(18)25/h3-5,10-11,13-14H,6-9,12H2,1-2H3,(H,29,31)(H,26,27,28). The van der Waals surface area contributed by atoms with Crippen LogP contribution in [0.5, 0.6) is 5.75 Å². The molecule has 2 N–H and O–H groups in total. The van der Waals surface area contributed by atoms with E-state index < -0.39 is 5.82 Å². The highest BCUT2D eigenvalue weighted by molar-refractivity contribution is 6.31. The molecule has 2 heterocycles. The minimum atomic E-state index is -0.560. The molecule has 0 bridgehead atoms. The van der Waals surface area contributed by atoms with Crippen molar-refractivity contribution >= 4 is 39.9 Å². The molecule has 1 aliphatic heterocycles. The number of benzene rings is 2. The summed E-state index contributed by atoms with van der Waals surface area (Å²) < 4.78 is 25.3. The Labute approximate surface area is 196 Å². The third kappa shape index (κ3) is 5.32. The molecule has 1 aromatic heterocycles. The zero-order valence-electron chi connectivity index (χ0n) is 18.4. The third-order valence-electron chi connectivity index (χ3n) is 5.54. The van der Waals surface area contributed by atoms with Crippen molar-refractivity contribution in [3.8, 4) is 5.75 Å². The lowest BCUT2D eigenvalue weighted by Crippen LogP contribution is -2.43. The van der Waals surface area contributed by atoms with E-state index in [9.17, 15) is 9.18 Å². The van der Waals surface area contributed by atoms with Crippen LogP contribution in [0.15, 0.2) is 36.7 Å². The minimum absolute atomic E-state index is 0.0163. The molecule has 8 nitrogen and oxygen atoms in total. The van der Waals surface area contributed by atoms with Crippen molar-refractivity contribution in [3.05, 3.63) is 53.1 Å². The molecule has 174 valence electrons. The first-order chi connectivity index (χ1) is 16.0. The maximum Gasteiger partial charge on any atom is 0.237 e. The highest BCUT2D eigenvalue weighted by atomic mass is 35.5. The molecule has 0 unspecified atom stereocenters. The normalized spacial score (nSPS) is 14.5. The molecular weight excluding hydrogens is 449 g/mol. The zero-order chi connectivity index (χ0) is 23.4. The number of ether oxygens (including phenoxy) is 2. The van der Waals surface area contributed by atoms with Crippen LogP contribution >= 0.6 is 11.6 Å². The Hall–Kier alpha value is -3.01. The topological polar surface area (TPSA) is 88.6 Å². The van der Waals surface area contributed by atoms with Gasteiger partial charge in [0.1, 0.15) is 17.9 Å². The molecule has 1 saturated heterocycles. The van der Waals surface area contributed by atoms with E-state index in [-0.39, 0.29) is 22.5 Å². The zero-order valence-corrected chi connectivity index (χ0v) is 19.2. The van der Waals surface area contributed by atoms with Gasteiger partial charge in [-0.3, -0.25) is 10.2 Å². The number of rotatable bonds is 7. The van der Waals surface area contributed by atoms with Crippen LogP contribution in [0, 0.1) is 11.7 Å². The van der Waals surface area contributed by atoms with Crippen LogP contribution in [0.3, 0.4) is 0 Å². The van der Waals surface area contributed by atoms with Crippen molar-refractivity contribution in [1.29, 1.82) is 0 Å². The molecule has 0 radical (unpaired) electrons. The number of nitrogens with zero attached hydrogens (tertiary/aromatic N) is 3. The number of carbonyl (C=O) groups is 1. The minimum Gasteiger partial charge on any atom is -0.496 e. The van der Waals surface area contributed by atoms with Gasteiger partial charge in [0.25, 0.3) is 0 Å². The van der Waals surface area contributed by atoms with Crippen LogP contribution in [0.25, 0.3) is 10.9 Å². The van der Waals surface area contributed by atoms with Gasteiger partial charge in [-0.25, -0.2) is 19.4 Å². The monoisotopic (exact) mass is 473 g/mol. The summed E-state index contributed by atoms with van der Waals surface area (Å²) in [7, 11) is 3.37. The Morgan fingerprint density at radius 1 is 1.30 bits per heavy atom. The fraction of sp³-hybridized carbons (Fsp3) is 0.348. The summed E-state index contributed by atoms with van der Waals surface area (Å²) in [6, 6.07) is 8.38. The van der Waals surface area contributed by atoms with Crippen LogP contribution in [-0.2, 0) is 16.1 Å². The number of fused-ring (bicyclic) bond motifs is 1. The van der Waals surface area contributed by atoms with Gasteiger partial charge in [0.05, 0.1) is 23.3 Å². The van der Waals surface area contributed by atoms with Crippen molar-refractivity contribution in [2.75, 3.05) is 32.7 Å². The average molecular weight is 474 g/mol. The summed E-state index contributed by atoms with van der Waals surface area (Å²) in [5.74, 6) is 0.404. The van der Waals surface area contributed by atoms with Crippen molar-refractivity contribution in [2.45, 2.75) is 19.4 Å². The van der Waals surface area contributed by atoms with Crippen LogP contribution in [-0.4, -0.2) is 48.3 Å². The van der Waals surface area contributed by atoms with Crippen molar-refractivity contribution in [1.82, 2.24) is 20.4 Å². The first kappa shape index (κ1) is 23.2. The molecule has 33 heavy (non-hydrogen) atoms. The van der Waals surface area contributed by atoms with Gasteiger partial charge in [0, 0.05) is 49.7 Å². The maximum atomic E-state index is 14.4. The van der Waals surface area contributed by atoms with Gasteiger partial charge in [-0.05, 0) is 31.0 Å². The quantitative estimate of drug-likeness (QED) is 0.500. The second kappa shape index (κ2) is 10.3. The summed E-state index contributed by atoms with van der Waals surface area (Å²) in [5.41, 5.74) is 4.59. The molecule has 0 spiro atoms. The fourth-order valence-electron chi connectivity index (χ4n) is 3.80. The molecule has 10 heteroatoms. The van der Waals surface area contributed by atoms with Gasteiger partial charge in [-0.1, -0.05) is 17.7 Å². The van der Waals surface area contributed by atoms with Gasteiger partial charge < -0.3 is 14.8 Å². The van der Waals surface area contributed by atoms with Crippen molar-refractivity contribution in [3.63, 3.8) is 0 Å². The largest absolute Gasteiger partial charge is 0.496 e. The Morgan fingerprint density at radius 2 is 2.09 bits per heavy atom. The maximum absolute atomic E-state index is 14.4. The number of hydrazine groups is 1. The summed E-state index contributed by atoms with van der Waals surface area (Å²) >= 11 is 5.91. The second-order valence-electron chi connectivity index (χ2n) is 7.85. The van der Waals surface area contributed by atoms with Gasteiger partial charge in [-0.2, -0.15) is 0 Å². The van der Waals surface area contributed by atoms with Crippen LogP contribution < -0.4 is 15.5 Å². The van der Waals surface area contributed by atoms with E-state index in [4.69, 9.17) is 21.1 Å². The van der Waals surface area contributed by atoms with Crippen molar-refractivity contribution in [2.24, 2.45) is 5.92 Å². The Balaban J connectivity index is 1.59. The molecule has 1 amide bonds. The van der Waals surface area contributed by atoms with Gasteiger partial charge in [-0.15, -0.1) is 0 Å². The number of anilines is 2. The van der Waals surface area contributed by atoms with Crippen molar-refractivity contribution < 1.29 is 18.7 Å². The molecule has 3 aromatic rings. The predicted octanol–water partition coefficient (Wildman–Crippen LogP) is 4.06. The lowest BCUT2D eigenvalue weighted by atomic mass is 10.00. The second-order valence-corrected chi connectivity index (χ2v) is 8.26. The summed E-state index contributed by atoms with van der Waals surface area (Å²) in [5, 5.41) is 5.41. The highest BCUT2D eigenvalue weighted by Gasteiger charge is 2.23. The lowest BCUT2D eigenvalue weighted by molar-refractivity contribution is -0.132. The summed E-state index contributed by atoms with van der Waals surface area (Å²) in [6.07, 6.45) is 2.82. The number of aromatic nitrogens is 2.